The highest BCUT2D eigenvalue weighted by atomic mass is 16.5. The zero-order chi connectivity index (χ0) is 17.4. The Bertz CT molecular complexity index is 701. The Morgan fingerprint density at radius 2 is 1.38 bits per heavy atom. The minimum atomic E-state index is -0.759. The average Bonchev–Trinajstić information content (AvgIpc) is 2.58. The lowest BCUT2D eigenvalue weighted by Gasteiger charge is -2.13. The molecule has 2 rings (SSSR count). The Hall–Kier alpha value is -3.02. The largest absolute Gasteiger partial charge is 0.490 e. The summed E-state index contributed by atoms with van der Waals surface area (Å²) in [5.41, 5.74) is 1.01. The smallest absolute Gasteiger partial charge is 0.314 e. The molecule has 2 aromatic carbocycles. The Morgan fingerprint density at radius 3 is 2.00 bits per heavy atom. The van der Waals surface area contributed by atoms with Gasteiger partial charge in [-0.15, -0.1) is 0 Å². The van der Waals surface area contributed by atoms with Gasteiger partial charge in [0.15, 0.2) is 11.5 Å². The number of amides is 2. The molecule has 0 aliphatic rings. The maximum absolute atomic E-state index is 12.0. The van der Waals surface area contributed by atoms with E-state index in [2.05, 4.69) is 10.6 Å². The number of rotatable bonds is 6. The minimum absolute atomic E-state index is 0.454. The topological polar surface area (TPSA) is 76.7 Å². The zero-order valence-corrected chi connectivity index (χ0v) is 13.7. The second-order valence-electron chi connectivity index (χ2n) is 4.80. The molecule has 0 radical (unpaired) electrons. The highest BCUT2D eigenvalue weighted by Gasteiger charge is 2.15. The van der Waals surface area contributed by atoms with Gasteiger partial charge < -0.3 is 20.1 Å². The lowest BCUT2D eigenvalue weighted by molar-refractivity contribution is -0.132. The van der Waals surface area contributed by atoms with E-state index in [0.717, 1.165) is 0 Å². The first-order chi connectivity index (χ1) is 11.6. The van der Waals surface area contributed by atoms with Gasteiger partial charge in [0.2, 0.25) is 0 Å². The average molecular weight is 328 g/mol. The van der Waals surface area contributed by atoms with Gasteiger partial charge in [-0.3, -0.25) is 9.59 Å². The first-order valence-electron chi connectivity index (χ1n) is 7.71. The molecule has 0 aromatic heterocycles. The molecular weight excluding hydrogens is 308 g/mol. The number of carbonyl (C=O) groups is 2. The summed E-state index contributed by atoms with van der Waals surface area (Å²) in [6.45, 7) is 4.70. The van der Waals surface area contributed by atoms with Crippen LogP contribution in [0.25, 0.3) is 0 Å². The van der Waals surface area contributed by atoms with Crippen LogP contribution < -0.4 is 20.1 Å². The van der Waals surface area contributed by atoms with E-state index >= 15 is 0 Å². The molecule has 0 bridgehead atoms. The van der Waals surface area contributed by atoms with E-state index in [1.165, 1.54) is 0 Å². The maximum atomic E-state index is 12.0. The van der Waals surface area contributed by atoms with E-state index in [0.29, 0.717) is 36.1 Å². The molecule has 0 aliphatic carbocycles. The maximum Gasteiger partial charge on any atom is 0.314 e. The van der Waals surface area contributed by atoms with Crippen LogP contribution >= 0.6 is 0 Å². The fourth-order valence-electron chi connectivity index (χ4n) is 2.03. The van der Waals surface area contributed by atoms with Crippen molar-refractivity contribution in [2.45, 2.75) is 13.8 Å². The fourth-order valence-corrected chi connectivity index (χ4v) is 2.03. The molecule has 0 atom stereocenters. The molecule has 0 saturated carbocycles. The number of hydrogen-bond donors (Lipinski definition) is 2. The van der Waals surface area contributed by atoms with Crippen molar-refractivity contribution in [1.82, 2.24) is 0 Å². The number of carbonyl (C=O) groups excluding carboxylic acids is 2. The fraction of sp³-hybridized carbons (Fsp3) is 0.222. The van der Waals surface area contributed by atoms with Gasteiger partial charge in [-0.25, -0.2) is 0 Å². The number of ether oxygens (including phenoxy) is 2. The molecule has 2 amide bonds. The minimum Gasteiger partial charge on any atom is -0.490 e. The van der Waals surface area contributed by atoms with Crippen LogP contribution in [0, 0.1) is 0 Å². The quantitative estimate of drug-likeness (QED) is 0.799. The lowest BCUT2D eigenvalue weighted by atomic mass is 10.2. The van der Waals surface area contributed by atoms with E-state index in [1.807, 2.05) is 19.9 Å². The van der Waals surface area contributed by atoms with Crippen molar-refractivity contribution in [2.24, 2.45) is 0 Å². The lowest BCUT2D eigenvalue weighted by Crippen LogP contribution is -2.29. The molecule has 0 fully saturated rings. The molecule has 0 saturated heterocycles. The van der Waals surface area contributed by atoms with Crippen molar-refractivity contribution in [3.05, 3.63) is 48.5 Å². The third-order valence-corrected chi connectivity index (χ3v) is 3.04. The van der Waals surface area contributed by atoms with Crippen LogP contribution in [0.3, 0.4) is 0 Å². The van der Waals surface area contributed by atoms with E-state index < -0.39 is 11.8 Å². The first-order valence-corrected chi connectivity index (χ1v) is 7.71. The number of anilines is 2. The van der Waals surface area contributed by atoms with E-state index in [1.54, 1.807) is 42.5 Å². The zero-order valence-electron chi connectivity index (χ0n) is 13.7. The summed E-state index contributed by atoms with van der Waals surface area (Å²) < 4.78 is 11.0. The van der Waals surface area contributed by atoms with Gasteiger partial charge >= 0.3 is 11.8 Å². The number of hydrogen-bond acceptors (Lipinski definition) is 4. The number of benzene rings is 2. The van der Waals surface area contributed by atoms with Crippen LogP contribution in [-0.4, -0.2) is 25.0 Å². The second kappa shape index (κ2) is 8.57. The molecule has 2 N–H and O–H groups in total. The van der Waals surface area contributed by atoms with Crippen LogP contribution in [0.15, 0.2) is 48.5 Å². The molecule has 6 nitrogen and oxygen atoms in total. The Balaban J connectivity index is 2.05. The van der Waals surface area contributed by atoms with Gasteiger partial charge in [-0.2, -0.15) is 0 Å². The molecular formula is C18H20N2O4. The number of nitrogens with one attached hydrogen (secondary N) is 2. The van der Waals surface area contributed by atoms with E-state index in [-0.39, 0.29) is 0 Å². The van der Waals surface area contributed by atoms with E-state index in [4.69, 9.17) is 9.47 Å². The third-order valence-electron chi connectivity index (χ3n) is 3.04. The van der Waals surface area contributed by atoms with Crippen molar-refractivity contribution >= 4 is 23.2 Å². The van der Waals surface area contributed by atoms with Crippen molar-refractivity contribution in [3.63, 3.8) is 0 Å². The highest BCUT2D eigenvalue weighted by molar-refractivity contribution is 6.43. The summed E-state index contributed by atoms with van der Waals surface area (Å²) in [6, 6.07) is 13.8. The summed E-state index contributed by atoms with van der Waals surface area (Å²) >= 11 is 0. The van der Waals surface area contributed by atoms with Crippen LogP contribution in [0.1, 0.15) is 13.8 Å². The molecule has 0 unspecified atom stereocenters. The summed E-state index contributed by atoms with van der Waals surface area (Å²) in [6.07, 6.45) is 0. The van der Waals surface area contributed by atoms with Crippen molar-refractivity contribution in [1.29, 1.82) is 0 Å². The van der Waals surface area contributed by atoms with Crippen molar-refractivity contribution in [3.8, 4) is 11.5 Å². The molecule has 0 heterocycles. The van der Waals surface area contributed by atoms with Crippen LogP contribution in [0.5, 0.6) is 11.5 Å². The van der Waals surface area contributed by atoms with Crippen LogP contribution in [0.2, 0.25) is 0 Å². The highest BCUT2D eigenvalue weighted by Crippen LogP contribution is 2.30. The van der Waals surface area contributed by atoms with Crippen LogP contribution in [-0.2, 0) is 9.59 Å². The summed E-state index contributed by atoms with van der Waals surface area (Å²) in [4.78, 5) is 23.9. The third kappa shape index (κ3) is 4.74. The normalized spacial score (nSPS) is 9.92. The predicted molar refractivity (Wildman–Crippen MR) is 92.5 cm³/mol. The van der Waals surface area contributed by atoms with Gasteiger partial charge in [-0.1, -0.05) is 18.2 Å². The van der Waals surface area contributed by atoms with Crippen molar-refractivity contribution in [2.75, 3.05) is 23.8 Å². The van der Waals surface area contributed by atoms with Gasteiger partial charge in [0, 0.05) is 17.4 Å². The molecule has 24 heavy (non-hydrogen) atoms. The van der Waals surface area contributed by atoms with Gasteiger partial charge in [0.1, 0.15) is 0 Å². The Kier molecular flexibility index (Phi) is 6.19. The standard InChI is InChI=1S/C18H20N2O4/c1-3-23-15-11-10-14(12-16(15)24-4-2)20-18(22)17(21)19-13-8-6-5-7-9-13/h5-12H,3-4H2,1-2H3,(H,19,21)(H,20,22). The molecule has 2 aromatic rings. The monoisotopic (exact) mass is 328 g/mol. The Morgan fingerprint density at radius 1 is 0.792 bits per heavy atom. The second-order valence-corrected chi connectivity index (χ2v) is 4.80. The number of para-hydroxylation sites is 1. The molecule has 0 spiro atoms. The predicted octanol–water partition coefficient (Wildman–Crippen LogP) is 3.06. The molecule has 6 heteroatoms. The van der Waals surface area contributed by atoms with E-state index in [9.17, 15) is 9.59 Å². The van der Waals surface area contributed by atoms with Gasteiger partial charge in [0.05, 0.1) is 13.2 Å². The first kappa shape index (κ1) is 17.3. The van der Waals surface area contributed by atoms with Gasteiger partial charge in [-0.05, 0) is 38.1 Å². The van der Waals surface area contributed by atoms with Gasteiger partial charge in [0.25, 0.3) is 0 Å². The van der Waals surface area contributed by atoms with Crippen molar-refractivity contribution < 1.29 is 19.1 Å². The Labute approximate surface area is 140 Å². The van der Waals surface area contributed by atoms with Crippen LogP contribution in [0.4, 0.5) is 11.4 Å². The SMILES string of the molecule is CCOc1ccc(NC(=O)C(=O)Nc2ccccc2)cc1OCC. The summed E-state index contributed by atoms with van der Waals surface area (Å²) in [5.74, 6) is -0.398. The summed E-state index contributed by atoms with van der Waals surface area (Å²) in [7, 11) is 0. The summed E-state index contributed by atoms with van der Waals surface area (Å²) in [5, 5.41) is 5.07. The molecule has 0 aliphatic heterocycles. The molecule has 126 valence electrons.